The summed E-state index contributed by atoms with van der Waals surface area (Å²) in [5.74, 6) is 0.323. The Morgan fingerprint density at radius 1 is 1.42 bits per heavy atom. The zero-order chi connectivity index (χ0) is 13.8. The lowest BCUT2D eigenvalue weighted by Crippen LogP contribution is -2.17. The molecule has 100 valence electrons. The summed E-state index contributed by atoms with van der Waals surface area (Å²) < 4.78 is 6.94. The quantitative estimate of drug-likeness (QED) is 0.794. The largest absolute Gasteiger partial charge is 0.485 e. The number of hydrogen-bond donors (Lipinski definition) is 0. The third-order valence-corrected chi connectivity index (χ3v) is 3.04. The van der Waals surface area contributed by atoms with Crippen molar-refractivity contribution < 1.29 is 9.53 Å². The fourth-order valence-electron chi connectivity index (χ4n) is 1.65. The van der Waals surface area contributed by atoms with Gasteiger partial charge in [-0.3, -0.25) is 9.48 Å². The van der Waals surface area contributed by atoms with Crippen molar-refractivity contribution in [2.75, 3.05) is 6.61 Å². The SMILES string of the molecule is CCn1ncc(Cl)c1C(=O)COc1cccc(Cl)c1. The molecule has 4 nitrogen and oxygen atoms in total. The molecule has 0 bridgehead atoms. The van der Waals surface area contributed by atoms with Crippen LogP contribution in [0.1, 0.15) is 17.4 Å². The predicted octanol–water partition coefficient (Wildman–Crippen LogP) is 3.47. The maximum absolute atomic E-state index is 12.1. The maximum atomic E-state index is 12.1. The molecule has 2 aromatic rings. The molecule has 0 atom stereocenters. The number of rotatable bonds is 5. The van der Waals surface area contributed by atoms with Gasteiger partial charge in [0, 0.05) is 11.6 Å². The van der Waals surface area contributed by atoms with E-state index in [-0.39, 0.29) is 12.4 Å². The highest BCUT2D eigenvalue weighted by molar-refractivity contribution is 6.33. The number of ketones is 1. The normalized spacial score (nSPS) is 10.5. The molecule has 2 rings (SSSR count). The lowest BCUT2D eigenvalue weighted by molar-refractivity contribution is 0.0911. The fraction of sp³-hybridized carbons (Fsp3) is 0.231. The standard InChI is InChI=1S/C13H12Cl2N2O2/c1-2-17-13(11(15)7-16-17)12(18)8-19-10-5-3-4-9(14)6-10/h3-7H,2,8H2,1H3. The number of benzene rings is 1. The molecule has 1 aromatic heterocycles. The van der Waals surface area contributed by atoms with Gasteiger partial charge in [-0.25, -0.2) is 0 Å². The molecule has 0 aliphatic heterocycles. The van der Waals surface area contributed by atoms with Crippen LogP contribution in [0.5, 0.6) is 5.75 Å². The fourth-order valence-corrected chi connectivity index (χ4v) is 2.08. The van der Waals surface area contributed by atoms with Gasteiger partial charge in [0.05, 0.1) is 11.2 Å². The van der Waals surface area contributed by atoms with Crippen LogP contribution in [-0.4, -0.2) is 22.2 Å². The van der Waals surface area contributed by atoms with Gasteiger partial charge in [0.25, 0.3) is 0 Å². The summed E-state index contributed by atoms with van der Waals surface area (Å²) in [6, 6.07) is 6.87. The summed E-state index contributed by atoms with van der Waals surface area (Å²) in [6.45, 7) is 2.36. The molecular formula is C13H12Cl2N2O2. The smallest absolute Gasteiger partial charge is 0.219 e. The molecule has 0 saturated heterocycles. The molecule has 0 spiro atoms. The monoisotopic (exact) mass is 298 g/mol. The van der Waals surface area contributed by atoms with E-state index in [0.717, 1.165) is 0 Å². The van der Waals surface area contributed by atoms with Crippen LogP contribution in [0.25, 0.3) is 0 Å². The lowest BCUT2D eigenvalue weighted by Gasteiger charge is -2.07. The highest BCUT2D eigenvalue weighted by Gasteiger charge is 2.17. The molecule has 0 radical (unpaired) electrons. The van der Waals surface area contributed by atoms with E-state index >= 15 is 0 Å². The molecule has 0 aliphatic carbocycles. The van der Waals surface area contributed by atoms with Gasteiger partial charge >= 0.3 is 0 Å². The highest BCUT2D eigenvalue weighted by atomic mass is 35.5. The van der Waals surface area contributed by atoms with Crippen LogP contribution in [0, 0.1) is 0 Å². The molecule has 0 fully saturated rings. The third kappa shape index (κ3) is 3.28. The van der Waals surface area contributed by atoms with E-state index in [2.05, 4.69) is 5.10 Å². The molecule has 0 N–H and O–H groups in total. The van der Waals surface area contributed by atoms with E-state index < -0.39 is 0 Å². The molecule has 19 heavy (non-hydrogen) atoms. The van der Waals surface area contributed by atoms with Crippen LogP contribution in [0.4, 0.5) is 0 Å². The Balaban J connectivity index is 2.07. The Bertz CT molecular complexity index is 596. The number of Topliss-reactive ketones (excluding diaryl/α,β-unsaturated/α-hetero) is 1. The molecule has 1 heterocycles. The van der Waals surface area contributed by atoms with Gasteiger partial charge < -0.3 is 4.74 Å². The number of nitrogens with zero attached hydrogens (tertiary/aromatic N) is 2. The third-order valence-electron chi connectivity index (χ3n) is 2.52. The average Bonchev–Trinajstić information content (AvgIpc) is 2.77. The Morgan fingerprint density at radius 2 is 2.21 bits per heavy atom. The number of aromatic nitrogens is 2. The molecule has 0 aliphatic rings. The van der Waals surface area contributed by atoms with Crippen molar-refractivity contribution >= 4 is 29.0 Å². The summed E-state index contributed by atoms with van der Waals surface area (Å²) >= 11 is 11.8. The van der Waals surface area contributed by atoms with Gasteiger partial charge in [-0.05, 0) is 25.1 Å². The van der Waals surface area contributed by atoms with E-state index in [0.29, 0.717) is 28.0 Å². The van der Waals surface area contributed by atoms with Crippen LogP contribution in [0.3, 0.4) is 0 Å². The number of carbonyl (C=O) groups excluding carboxylic acids is 1. The minimum atomic E-state index is -0.218. The summed E-state index contributed by atoms with van der Waals surface area (Å²) in [5, 5.41) is 4.90. The minimum absolute atomic E-state index is 0.105. The second kappa shape index (κ2) is 6.08. The second-order valence-electron chi connectivity index (χ2n) is 3.83. The van der Waals surface area contributed by atoms with Crippen molar-refractivity contribution in [3.63, 3.8) is 0 Å². The van der Waals surface area contributed by atoms with Crippen molar-refractivity contribution in [3.05, 3.63) is 46.2 Å². The number of carbonyl (C=O) groups is 1. The van der Waals surface area contributed by atoms with Crippen molar-refractivity contribution in [3.8, 4) is 5.75 Å². The molecular weight excluding hydrogens is 287 g/mol. The molecule has 0 saturated carbocycles. The second-order valence-corrected chi connectivity index (χ2v) is 4.67. The molecule has 0 amide bonds. The average molecular weight is 299 g/mol. The van der Waals surface area contributed by atoms with Crippen molar-refractivity contribution in [1.29, 1.82) is 0 Å². The van der Waals surface area contributed by atoms with Crippen molar-refractivity contribution in [1.82, 2.24) is 9.78 Å². The van der Waals surface area contributed by atoms with E-state index in [1.165, 1.54) is 6.20 Å². The van der Waals surface area contributed by atoms with Gasteiger partial charge in [-0.1, -0.05) is 29.3 Å². The zero-order valence-corrected chi connectivity index (χ0v) is 11.8. The van der Waals surface area contributed by atoms with Crippen molar-refractivity contribution in [2.45, 2.75) is 13.5 Å². The highest BCUT2D eigenvalue weighted by Crippen LogP contribution is 2.19. The Morgan fingerprint density at radius 3 is 2.89 bits per heavy atom. The van der Waals surface area contributed by atoms with Gasteiger partial charge in [0.15, 0.2) is 6.61 Å². The van der Waals surface area contributed by atoms with Crippen LogP contribution in [-0.2, 0) is 6.54 Å². The number of aryl methyl sites for hydroxylation is 1. The van der Waals surface area contributed by atoms with E-state index in [4.69, 9.17) is 27.9 Å². The van der Waals surface area contributed by atoms with E-state index in [1.807, 2.05) is 6.92 Å². The van der Waals surface area contributed by atoms with Crippen LogP contribution < -0.4 is 4.74 Å². The minimum Gasteiger partial charge on any atom is -0.485 e. The molecule has 6 heteroatoms. The molecule has 1 aromatic carbocycles. The molecule has 0 unspecified atom stereocenters. The predicted molar refractivity (Wildman–Crippen MR) is 74.2 cm³/mol. The Hall–Kier alpha value is -1.52. The first-order valence-corrected chi connectivity index (χ1v) is 6.50. The first-order valence-electron chi connectivity index (χ1n) is 5.74. The zero-order valence-electron chi connectivity index (χ0n) is 10.3. The van der Waals surface area contributed by atoms with Gasteiger partial charge in [-0.15, -0.1) is 0 Å². The van der Waals surface area contributed by atoms with Crippen LogP contribution in [0.2, 0.25) is 10.0 Å². The van der Waals surface area contributed by atoms with Gasteiger partial charge in [0.1, 0.15) is 11.4 Å². The topological polar surface area (TPSA) is 44.1 Å². The van der Waals surface area contributed by atoms with Gasteiger partial charge in [0.2, 0.25) is 5.78 Å². The first kappa shape index (κ1) is 13.9. The number of ether oxygens (including phenoxy) is 1. The number of hydrogen-bond acceptors (Lipinski definition) is 3. The first-order chi connectivity index (χ1) is 9.11. The van der Waals surface area contributed by atoms with Crippen LogP contribution >= 0.6 is 23.2 Å². The lowest BCUT2D eigenvalue weighted by atomic mass is 10.3. The van der Waals surface area contributed by atoms with Crippen LogP contribution in [0.15, 0.2) is 30.5 Å². The summed E-state index contributed by atoms with van der Waals surface area (Å²) in [4.78, 5) is 12.1. The summed E-state index contributed by atoms with van der Waals surface area (Å²) in [7, 11) is 0. The van der Waals surface area contributed by atoms with E-state index in [9.17, 15) is 4.79 Å². The Labute approximate surface area is 120 Å². The van der Waals surface area contributed by atoms with E-state index in [1.54, 1.807) is 28.9 Å². The Kier molecular flexibility index (Phi) is 4.45. The van der Waals surface area contributed by atoms with Crippen molar-refractivity contribution in [2.24, 2.45) is 0 Å². The summed E-state index contributed by atoms with van der Waals surface area (Å²) in [5.41, 5.74) is 0.367. The maximum Gasteiger partial charge on any atom is 0.219 e. The number of halogens is 2. The summed E-state index contributed by atoms with van der Waals surface area (Å²) in [6.07, 6.45) is 1.46. The van der Waals surface area contributed by atoms with Gasteiger partial charge in [-0.2, -0.15) is 5.10 Å².